The summed E-state index contributed by atoms with van der Waals surface area (Å²) in [5.74, 6) is 0.295. The van der Waals surface area contributed by atoms with Crippen LogP contribution < -0.4 is 0 Å². The first-order valence-electron chi connectivity index (χ1n) is 5.00. The number of nitrogens with zero attached hydrogens (tertiary/aromatic N) is 1. The van der Waals surface area contributed by atoms with Crippen LogP contribution in [0.5, 0.6) is 0 Å². The van der Waals surface area contributed by atoms with Gasteiger partial charge in [0.15, 0.2) is 0 Å². The van der Waals surface area contributed by atoms with Gasteiger partial charge in [0, 0.05) is 25.6 Å². The Morgan fingerprint density at radius 3 is 2.38 bits per heavy atom. The molecule has 0 aliphatic carbocycles. The van der Waals surface area contributed by atoms with Gasteiger partial charge < -0.3 is 9.64 Å². The van der Waals surface area contributed by atoms with Crippen LogP contribution in [0.25, 0.3) is 0 Å². The van der Waals surface area contributed by atoms with Crippen molar-refractivity contribution >= 4 is 5.91 Å². The lowest BCUT2D eigenvalue weighted by molar-refractivity contribution is -0.135. The fraction of sp³-hybridized carbons (Fsp3) is 0.900. The van der Waals surface area contributed by atoms with E-state index in [1.807, 2.05) is 32.6 Å². The number of carbonyl (C=O) groups excluding carboxylic acids is 1. The zero-order valence-electron chi connectivity index (χ0n) is 9.17. The highest BCUT2D eigenvalue weighted by Crippen LogP contribution is 2.00. The molecule has 13 heavy (non-hydrogen) atoms. The normalized spacial score (nSPS) is 10.5. The van der Waals surface area contributed by atoms with Crippen molar-refractivity contribution < 1.29 is 9.53 Å². The predicted octanol–water partition coefficient (Wildman–Crippen LogP) is 1.53. The van der Waals surface area contributed by atoms with E-state index in [1.165, 1.54) is 0 Å². The van der Waals surface area contributed by atoms with Crippen molar-refractivity contribution in [2.24, 2.45) is 5.92 Å². The Hall–Kier alpha value is -0.570. The molecule has 0 unspecified atom stereocenters. The number of carbonyl (C=O) groups is 1. The first-order chi connectivity index (χ1) is 6.13. The highest BCUT2D eigenvalue weighted by molar-refractivity contribution is 5.78. The van der Waals surface area contributed by atoms with Gasteiger partial charge in [0.1, 0.15) is 0 Å². The molecule has 0 fully saturated rings. The van der Waals surface area contributed by atoms with E-state index in [2.05, 4.69) is 0 Å². The van der Waals surface area contributed by atoms with Gasteiger partial charge in [-0.3, -0.25) is 4.79 Å². The van der Waals surface area contributed by atoms with Crippen LogP contribution in [0.3, 0.4) is 0 Å². The third-order valence-corrected chi connectivity index (χ3v) is 1.90. The molecule has 3 heteroatoms. The van der Waals surface area contributed by atoms with Crippen molar-refractivity contribution in [3.63, 3.8) is 0 Å². The molecule has 0 rings (SSSR count). The van der Waals surface area contributed by atoms with Crippen LogP contribution in [0.1, 0.15) is 27.7 Å². The third-order valence-electron chi connectivity index (χ3n) is 1.90. The fourth-order valence-corrected chi connectivity index (χ4v) is 1.11. The van der Waals surface area contributed by atoms with Gasteiger partial charge in [0.05, 0.1) is 6.61 Å². The third kappa shape index (κ3) is 4.88. The van der Waals surface area contributed by atoms with E-state index in [-0.39, 0.29) is 11.8 Å². The van der Waals surface area contributed by atoms with E-state index in [0.717, 1.165) is 6.54 Å². The topological polar surface area (TPSA) is 29.5 Å². The molecule has 0 spiro atoms. The summed E-state index contributed by atoms with van der Waals surface area (Å²) in [6, 6.07) is 0. The van der Waals surface area contributed by atoms with Gasteiger partial charge in [-0.2, -0.15) is 0 Å². The summed E-state index contributed by atoms with van der Waals surface area (Å²) in [6.07, 6.45) is 0. The molecule has 0 aliphatic heterocycles. The van der Waals surface area contributed by atoms with Crippen molar-refractivity contribution in [2.45, 2.75) is 27.7 Å². The molecule has 78 valence electrons. The molecule has 3 nitrogen and oxygen atoms in total. The largest absolute Gasteiger partial charge is 0.380 e. The monoisotopic (exact) mass is 187 g/mol. The zero-order chi connectivity index (χ0) is 10.3. The molecule has 0 aromatic rings. The van der Waals surface area contributed by atoms with E-state index < -0.39 is 0 Å². The second-order valence-corrected chi connectivity index (χ2v) is 3.27. The minimum absolute atomic E-state index is 0.0848. The number of hydrogen-bond acceptors (Lipinski definition) is 2. The molecule has 0 heterocycles. The number of likely N-dealkylation sites (N-methyl/N-ethyl adjacent to an activating group) is 1. The average molecular weight is 187 g/mol. The van der Waals surface area contributed by atoms with Crippen molar-refractivity contribution in [2.75, 3.05) is 26.3 Å². The van der Waals surface area contributed by atoms with Crippen molar-refractivity contribution in [1.82, 2.24) is 4.90 Å². The summed E-state index contributed by atoms with van der Waals surface area (Å²) < 4.78 is 5.20. The Morgan fingerprint density at radius 1 is 1.38 bits per heavy atom. The first-order valence-corrected chi connectivity index (χ1v) is 5.00. The molecular weight excluding hydrogens is 166 g/mol. The fourth-order valence-electron chi connectivity index (χ4n) is 1.11. The van der Waals surface area contributed by atoms with Gasteiger partial charge in [-0.05, 0) is 13.8 Å². The molecule has 0 radical (unpaired) electrons. The molecule has 0 aromatic heterocycles. The Balaban J connectivity index is 3.81. The summed E-state index contributed by atoms with van der Waals surface area (Å²) in [7, 11) is 0. The minimum Gasteiger partial charge on any atom is -0.380 e. The Bertz CT molecular complexity index is 146. The lowest BCUT2D eigenvalue weighted by Crippen LogP contribution is -2.36. The maximum Gasteiger partial charge on any atom is 0.225 e. The van der Waals surface area contributed by atoms with E-state index >= 15 is 0 Å². The Kier molecular flexibility index (Phi) is 6.59. The summed E-state index contributed by atoms with van der Waals surface area (Å²) >= 11 is 0. The Labute approximate surface area is 81.1 Å². The lowest BCUT2D eigenvalue weighted by atomic mass is 10.2. The Morgan fingerprint density at radius 2 is 2.00 bits per heavy atom. The quantitative estimate of drug-likeness (QED) is 0.590. The van der Waals surface area contributed by atoms with Crippen molar-refractivity contribution in [1.29, 1.82) is 0 Å². The first kappa shape index (κ1) is 12.4. The standard InChI is InChI=1S/C10H21NO2/c1-5-11(7-8-13-6-2)10(12)9(3)4/h9H,5-8H2,1-4H3. The second-order valence-electron chi connectivity index (χ2n) is 3.27. The zero-order valence-corrected chi connectivity index (χ0v) is 9.17. The molecule has 0 aromatic carbocycles. The SMILES string of the molecule is CCOCCN(CC)C(=O)C(C)C. The number of rotatable bonds is 6. The van der Waals surface area contributed by atoms with Crippen molar-refractivity contribution in [3.8, 4) is 0 Å². The van der Waals surface area contributed by atoms with Gasteiger partial charge in [0.2, 0.25) is 5.91 Å². The van der Waals surface area contributed by atoms with Gasteiger partial charge in [-0.25, -0.2) is 0 Å². The molecule has 0 saturated heterocycles. The molecule has 0 aliphatic rings. The van der Waals surface area contributed by atoms with Gasteiger partial charge in [0.25, 0.3) is 0 Å². The summed E-state index contributed by atoms with van der Waals surface area (Å²) in [6.45, 7) is 10.6. The van der Waals surface area contributed by atoms with Gasteiger partial charge in [-0.1, -0.05) is 13.8 Å². The molecule has 1 amide bonds. The highest BCUT2D eigenvalue weighted by atomic mass is 16.5. The van der Waals surface area contributed by atoms with Crippen LogP contribution in [0.4, 0.5) is 0 Å². The second kappa shape index (κ2) is 6.89. The van der Waals surface area contributed by atoms with E-state index in [4.69, 9.17) is 4.74 Å². The highest BCUT2D eigenvalue weighted by Gasteiger charge is 2.14. The van der Waals surface area contributed by atoms with Gasteiger partial charge in [-0.15, -0.1) is 0 Å². The van der Waals surface area contributed by atoms with Crippen LogP contribution in [0.15, 0.2) is 0 Å². The summed E-state index contributed by atoms with van der Waals surface area (Å²) in [5, 5.41) is 0. The number of hydrogen-bond donors (Lipinski definition) is 0. The number of ether oxygens (including phenoxy) is 1. The van der Waals surface area contributed by atoms with Crippen LogP contribution in [-0.2, 0) is 9.53 Å². The van der Waals surface area contributed by atoms with Crippen LogP contribution >= 0.6 is 0 Å². The summed E-state index contributed by atoms with van der Waals surface area (Å²) in [5.41, 5.74) is 0. The van der Waals surface area contributed by atoms with Crippen LogP contribution in [0.2, 0.25) is 0 Å². The minimum atomic E-state index is 0.0848. The summed E-state index contributed by atoms with van der Waals surface area (Å²) in [4.78, 5) is 13.4. The lowest BCUT2D eigenvalue weighted by Gasteiger charge is -2.22. The van der Waals surface area contributed by atoms with E-state index in [1.54, 1.807) is 0 Å². The van der Waals surface area contributed by atoms with E-state index in [9.17, 15) is 4.79 Å². The molecule has 0 N–H and O–H groups in total. The molecular formula is C10H21NO2. The average Bonchev–Trinajstić information content (AvgIpc) is 2.11. The van der Waals surface area contributed by atoms with Crippen LogP contribution in [-0.4, -0.2) is 37.1 Å². The van der Waals surface area contributed by atoms with E-state index in [0.29, 0.717) is 19.8 Å². The molecule has 0 atom stereocenters. The maximum atomic E-state index is 11.5. The molecule has 0 saturated carbocycles. The maximum absolute atomic E-state index is 11.5. The van der Waals surface area contributed by atoms with Gasteiger partial charge >= 0.3 is 0 Å². The van der Waals surface area contributed by atoms with Crippen molar-refractivity contribution in [3.05, 3.63) is 0 Å². The predicted molar refractivity (Wildman–Crippen MR) is 53.6 cm³/mol. The number of amides is 1. The smallest absolute Gasteiger partial charge is 0.225 e. The molecule has 0 bridgehead atoms. The van der Waals surface area contributed by atoms with Crippen LogP contribution in [0, 0.1) is 5.92 Å².